The summed E-state index contributed by atoms with van der Waals surface area (Å²) in [6, 6.07) is 0. The van der Waals surface area contributed by atoms with E-state index in [0.29, 0.717) is 6.42 Å². The molecule has 4 heteroatoms. The smallest absolute Gasteiger partial charge is 0.264 e. The fourth-order valence-corrected chi connectivity index (χ4v) is 1.49. The van der Waals surface area contributed by atoms with Crippen LogP contribution in [0.4, 0.5) is 0 Å². The Labute approximate surface area is 80.3 Å². The molecule has 0 aliphatic heterocycles. The molecule has 0 aromatic rings. The molecule has 0 aliphatic rings. The zero-order chi connectivity index (χ0) is 10.5. The Hall–Kier alpha value is -0.530. The van der Waals surface area contributed by atoms with Crippen LogP contribution in [0.2, 0.25) is 0 Å². The molecule has 0 saturated carbocycles. The standard InChI is InChI=1S/C9H16O3S/c1-4-9(2,3)7-5-6-8-13(10,11)12/h1H,5-8H2,2-3H3,(H,10,11,12). The molecule has 76 valence electrons. The zero-order valence-corrected chi connectivity index (χ0v) is 8.89. The first-order valence-electron chi connectivity index (χ1n) is 4.20. The average molecular weight is 204 g/mol. The molecule has 0 aromatic heterocycles. The predicted molar refractivity (Wildman–Crippen MR) is 52.9 cm³/mol. The van der Waals surface area contributed by atoms with Crippen molar-refractivity contribution in [2.75, 3.05) is 5.75 Å². The minimum atomic E-state index is -3.80. The molecular formula is C9H16O3S. The minimum absolute atomic E-state index is 0.173. The lowest BCUT2D eigenvalue weighted by molar-refractivity contribution is 0.432. The Morgan fingerprint density at radius 2 is 1.92 bits per heavy atom. The lowest BCUT2D eigenvalue weighted by atomic mass is 9.88. The van der Waals surface area contributed by atoms with Crippen LogP contribution >= 0.6 is 0 Å². The summed E-state index contributed by atoms with van der Waals surface area (Å²) in [5, 5.41) is 0. The van der Waals surface area contributed by atoms with Gasteiger partial charge in [-0.1, -0.05) is 6.42 Å². The summed E-state index contributed by atoms with van der Waals surface area (Å²) in [7, 11) is -3.80. The largest absolute Gasteiger partial charge is 0.286 e. The Balaban J connectivity index is 3.66. The van der Waals surface area contributed by atoms with Crippen LogP contribution in [0.5, 0.6) is 0 Å². The summed E-state index contributed by atoms with van der Waals surface area (Å²) in [5.74, 6) is 2.45. The quantitative estimate of drug-likeness (QED) is 0.421. The molecule has 1 N–H and O–H groups in total. The molecule has 0 rings (SSSR count). The third-order valence-electron chi connectivity index (χ3n) is 1.84. The molecule has 0 bridgehead atoms. The van der Waals surface area contributed by atoms with Crippen molar-refractivity contribution in [3.05, 3.63) is 0 Å². The Kier molecular flexibility index (Phi) is 4.45. The van der Waals surface area contributed by atoms with Gasteiger partial charge in [0.25, 0.3) is 10.1 Å². The highest BCUT2D eigenvalue weighted by molar-refractivity contribution is 7.85. The topological polar surface area (TPSA) is 54.4 Å². The fraction of sp³-hybridized carbons (Fsp3) is 0.778. The van der Waals surface area contributed by atoms with Crippen molar-refractivity contribution in [2.45, 2.75) is 33.1 Å². The minimum Gasteiger partial charge on any atom is -0.286 e. The van der Waals surface area contributed by atoms with E-state index >= 15 is 0 Å². The number of hydrogen-bond acceptors (Lipinski definition) is 2. The highest BCUT2D eigenvalue weighted by atomic mass is 32.2. The number of hydrogen-bond donors (Lipinski definition) is 1. The van der Waals surface area contributed by atoms with Gasteiger partial charge in [-0.3, -0.25) is 4.55 Å². The van der Waals surface area contributed by atoms with E-state index < -0.39 is 10.1 Å². The van der Waals surface area contributed by atoms with Gasteiger partial charge in [0.15, 0.2) is 0 Å². The van der Waals surface area contributed by atoms with Crippen LogP contribution in [0.1, 0.15) is 33.1 Å². The van der Waals surface area contributed by atoms with E-state index in [-0.39, 0.29) is 11.2 Å². The molecule has 0 saturated heterocycles. The van der Waals surface area contributed by atoms with Gasteiger partial charge in [0.2, 0.25) is 0 Å². The molecule has 0 amide bonds. The maximum absolute atomic E-state index is 10.3. The molecule has 0 aliphatic carbocycles. The molecule has 0 radical (unpaired) electrons. The Bertz CT molecular complexity index is 282. The van der Waals surface area contributed by atoms with Crippen LogP contribution in [0, 0.1) is 17.8 Å². The van der Waals surface area contributed by atoms with Gasteiger partial charge < -0.3 is 0 Å². The van der Waals surface area contributed by atoms with E-state index in [4.69, 9.17) is 11.0 Å². The summed E-state index contributed by atoms with van der Waals surface area (Å²) in [6.45, 7) is 3.86. The third-order valence-corrected chi connectivity index (χ3v) is 2.65. The van der Waals surface area contributed by atoms with Crippen molar-refractivity contribution in [2.24, 2.45) is 5.41 Å². The average Bonchev–Trinajstić information content (AvgIpc) is 1.97. The summed E-state index contributed by atoms with van der Waals surface area (Å²) in [6.07, 6.45) is 7.21. The van der Waals surface area contributed by atoms with Crippen LogP contribution in [0.15, 0.2) is 0 Å². The Morgan fingerprint density at radius 1 is 1.38 bits per heavy atom. The molecular weight excluding hydrogens is 188 g/mol. The van der Waals surface area contributed by atoms with E-state index in [1.807, 2.05) is 13.8 Å². The molecule has 0 spiro atoms. The number of unbranched alkanes of at least 4 members (excludes halogenated alkanes) is 1. The fourth-order valence-electron chi connectivity index (χ4n) is 0.924. The molecule has 13 heavy (non-hydrogen) atoms. The second kappa shape index (κ2) is 4.64. The lowest BCUT2D eigenvalue weighted by Gasteiger charge is -2.16. The van der Waals surface area contributed by atoms with Gasteiger partial charge in [0.05, 0.1) is 5.75 Å². The second-order valence-electron chi connectivity index (χ2n) is 3.77. The van der Waals surface area contributed by atoms with Crippen LogP contribution in [0.25, 0.3) is 0 Å². The van der Waals surface area contributed by atoms with E-state index in [9.17, 15) is 8.42 Å². The molecule has 3 nitrogen and oxygen atoms in total. The van der Waals surface area contributed by atoms with Crippen molar-refractivity contribution in [3.63, 3.8) is 0 Å². The van der Waals surface area contributed by atoms with Crippen molar-refractivity contribution in [1.82, 2.24) is 0 Å². The van der Waals surface area contributed by atoms with E-state index in [1.165, 1.54) is 0 Å². The van der Waals surface area contributed by atoms with Gasteiger partial charge in [0.1, 0.15) is 0 Å². The summed E-state index contributed by atoms with van der Waals surface area (Å²) < 4.78 is 29.1. The SMILES string of the molecule is C#CC(C)(C)CCCCS(=O)(=O)O. The first-order chi connectivity index (χ1) is 5.77. The van der Waals surface area contributed by atoms with Crippen LogP contribution in [-0.4, -0.2) is 18.7 Å². The van der Waals surface area contributed by atoms with Crippen LogP contribution in [-0.2, 0) is 10.1 Å². The van der Waals surface area contributed by atoms with Gasteiger partial charge in [-0.15, -0.1) is 12.3 Å². The van der Waals surface area contributed by atoms with Gasteiger partial charge in [-0.25, -0.2) is 0 Å². The zero-order valence-electron chi connectivity index (χ0n) is 8.08. The van der Waals surface area contributed by atoms with Gasteiger partial charge in [-0.2, -0.15) is 8.42 Å². The lowest BCUT2D eigenvalue weighted by Crippen LogP contribution is -2.09. The van der Waals surface area contributed by atoms with Crippen LogP contribution in [0.3, 0.4) is 0 Å². The third kappa shape index (κ3) is 7.82. The maximum Gasteiger partial charge on any atom is 0.264 e. The van der Waals surface area contributed by atoms with Gasteiger partial charge in [0, 0.05) is 5.41 Å². The molecule has 0 atom stereocenters. The number of terminal acetylenes is 1. The van der Waals surface area contributed by atoms with Gasteiger partial charge in [-0.05, 0) is 26.7 Å². The monoisotopic (exact) mass is 204 g/mol. The maximum atomic E-state index is 10.3. The second-order valence-corrected chi connectivity index (χ2v) is 5.34. The van der Waals surface area contributed by atoms with Crippen molar-refractivity contribution >= 4 is 10.1 Å². The molecule has 0 heterocycles. The first kappa shape index (κ1) is 12.5. The predicted octanol–water partition coefficient (Wildman–Crippen LogP) is 1.70. The molecule has 0 unspecified atom stereocenters. The van der Waals surface area contributed by atoms with Crippen molar-refractivity contribution in [1.29, 1.82) is 0 Å². The van der Waals surface area contributed by atoms with E-state index in [2.05, 4.69) is 5.92 Å². The Morgan fingerprint density at radius 3 is 2.31 bits per heavy atom. The van der Waals surface area contributed by atoms with E-state index in [1.54, 1.807) is 0 Å². The normalized spacial score (nSPS) is 12.5. The molecule has 0 aromatic carbocycles. The summed E-state index contributed by atoms with van der Waals surface area (Å²) >= 11 is 0. The van der Waals surface area contributed by atoms with Gasteiger partial charge >= 0.3 is 0 Å². The summed E-state index contributed by atoms with van der Waals surface area (Å²) in [4.78, 5) is 0. The number of rotatable bonds is 5. The highest BCUT2D eigenvalue weighted by Gasteiger charge is 2.13. The van der Waals surface area contributed by atoms with Crippen molar-refractivity contribution < 1.29 is 13.0 Å². The highest BCUT2D eigenvalue weighted by Crippen LogP contribution is 2.21. The molecule has 0 fully saturated rings. The van der Waals surface area contributed by atoms with Crippen molar-refractivity contribution in [3.8, 4) is 12.3 Å². The van der Waals surface area contributed by atoms with Crippen LogP contribution < -0.4 is 0 Å². The first-order valence-corrected chi connectivity index (χ1v) is 5.81. The van der Waals surface area contributed by atoms with E-state index in [0.717, 1.165) is 12.8 Å². The summed E-state index contributed by atoms with van der Waals surface area (Å²) in [5.41, 5.74) is -0.181.